The van der Waals surface area contributed by atoms with E-state index in [1.54, 1.807) is 16.3 Å². The molecule has 2 N–H and O–H groups in total. The fourth-order valence-electron chi connectivity index (χ4n) is 3.94. The van der Waals surface area contributed by atoms with E-state index in [0.717, 1.165) is 34.0 Å². The van der Waals surface area contributed by atoms with Gasteiger partial charge < -0.3 is 19.9 Å². The zero-order valence-corrected chi connectivity index (χ0v) is 19.1. The molecule has 4 aromatic heterocycles. The van der Waals surface area contributed by atoms with Gasteiger partial charge in [0.1, 0.15) is 29.1 Å². The van der Waals surface area contributed by atoms with Crippen LogP contribution in [0, 0.1) is 6.92 Å². The van der Waals surface area contributed by atoms with E-state index in [1.165, 1.54) is 6.33 Å². The fraction of sp³-hybridized carbons (Fsp3) is 0.227. The Hall–Kier alpha value is -4.41. The first kappa shape index (κ1) is 20.5. The van der Waals surface area contributed by atoms with Gasteiger partial charge in [-0.05, 0) is 36.8 Å². The molecule has 5 rings (SSSR count). The summed E-state index contributed by atoms with van der Waals surface area (Å²) in [6.45, 7) is 1.91. The van der Waals surface area contributed by atoms with Crippen LogP contribution >= 0.6 is 0 Å². The van der Waals surface area contributed by atoms with Crippen molar-refractivity contribution >= 4 is 23.0 Å². The number of anilines is 3. The Morgan fingerprint density at radius 2 is 1.91 bits per heavy atom. The lowest BCUT2D eigenvalue weighted by atomic mass is 10.0. The minimum Gasteiger partial charge on any atom is -0.495 e. The van der Waals surface area contributed by atoms with E-state index in [4.69, 9.17) is 10.5 Å². The summed E-state index contributed by atoms with van der Waals surface area (Å²) in [5.41, 5.74) is 11.3. The minimum absolute atomic E-state index is 0.386. The van der Waals surface area contributed by atoms with Gasteiger partial charge >= 0.3 is 0 Å². The van der Waals surface area contributed by atoms with Crippen molar-refractivity contribution in [2.45, 2.75) is 6.92 Å². The molecule has 0 aliphatic carbocycles. The van der Waals surface area contributed by atoms with Crippen LogP contribution in [-0.4, -0.2) is 53.3 Å². The van der Waals surface area contributed by atoms with E-state index in [9.17, 15) is 0 Å². The Kier molecular flexibility index (Phi) is 4.73. The lowest BCUT2D eigenvalue weighted by molar-refractivity contribution is 0.415. The SMILES string of the molecule is COc1cc(-c2cc(-c3ccn(C)n3)n3ncnc(N)c23)ccc1N(C)c1nnc(C)n1C. The molecule has 168 valence electrons. The second-order valence-electron chi connectivity index (χ2n) is 7.78. The first-order valence-corrected chi connectivity index (χ1v) is 10.3. The van der Waals surface area contributed by atoms with Crippen LogP contribution in [0.15, 0.2) is 42.9 Å². The van der Waals surface area contributed by atoms with Crippen molar-refractivity contribution in [1.29, 1.82) is 0 Å². The Labute approximate surface area is 190 Å². The molecule has 0 amide bonds. The van der Waals surface area contributed by atoms with Gasteiger partial charge in [0.15, 0.2) is 5.82 Å². The molecule has 0 aliphatic rings. The normalized spacial score (nSPS) is 11.3. The van der Waals surface area contributed by atoms with Crippen LogP contribution in [0.25, 0.3) is 28.0 Å². The first-order valence-electron chi connectivity index (χ1n) is 10.3. The molecule has 0 atom stereocenters. The van der Waals surface area contributed by atoms with Crippen LogP contribution in [0.4, 0.5) is 17.5 Å². The number of hydrogen-bond donors (Lipinski definition) is 1. The molecule has 11 nitrogen and oxygen atoms in total. The van der Waals surface area contributed by atoms with Crippen molar-refractivity contribution < 1.29 is 4.74 Å². The number of rotatable bonds is 5. The van der Waals surface area contributed by atoms with Crippen LogP contribution in [0.3, 0.4) is 0 Å². The third kappa shape index (κ3) is 3.25. The van der Waals surface area contributed by atoms with Gasteiger partial charge in [-0.3, -0.25) is 4.68 Å². The number of aryl methyl sites for hydroxylation is 2. The summed E-state index contributed by atoms with van der Waals surface area (Å²) in [5.74, 6) is 2.61. The van der Waals surface area contributed by atoms with Gasteiger partial charge in [0.25, 0.3) is 0 Å². The predicted molar refractivity (Wildman–Crippen MR) is 125 cm³/mol. The van der Waals surface area contributed by atoms with Crippen LogP contribution in [0.1, 0.15) is 5.82 Å². The summed E-state index contributed by atoms with van der Waals surface area (Å²) in [4.78, 5) is 6.15. The largest absolute Gasteiger partial charge is 0.495 e. The van der Waals surface area contributed by atoms with Gasteiger partial charge in [-0.15, -0.1) is 10.2 Å². The maximum atomic E-state index is 6.28. The molecule has 0 radical (unpaired) electrons. The molecule has 4 heterocycles. The van der Waals surface area contributed by atoms with Crippen LogP contribution in [-0.2, 0) is 14.1 Å². The van der Waals surface area contributed by atoms with Crippen molar-refractivity contribution in [3.05, 3.63) is 48.7 Å². The van der Waals surface area contributed by atoms with E-state index in [2.05, 4.69) is 25.4 Å². The number of nitrogens with zero attached hydrogens (tertiary/aromatic N) is 9. The second kappa shape index (κ2) is 7.62. The minimum atomic E-state index is 0.386. The van der Waals surface area contributed by atoms with Gasteiger partial charge in [0, 0.05) is 32.9 Å². The van der Waals surface area contributed by atoms with Gasteiger partial charge in [0.2, 0.25) is 5.95 Å². The maximum absolute atomic E-state index is 6.28. The molecule has 0 unspecified atom stereocenters. The second-order valence-corrected chi connectivity index (χ2v) is 7.78. The number of nitrogen functional groups attached to an aromatic ring is 1. The van der Waals surface area contributed by atoms with Crippen LogP contribution < -0.4 is 15.4 Å². The molecule has 33 heavy (non-hydrogen) atoms. The quantitative estimate of drug-likeness (QED) is 0.440. The third-order valence-electron chi connectivity index (χ3n) is 5.78. The van der Waals surface area contributed by atoms with Gasteiger partial charge in [0.05, 0.1) is 18.5 Å². The maximum Gasteiger partial charge on any atom is 0.231 e. The van der Waals surface area contributed by atoms with Gasteiger partial charge in [-0.1, -0.05) is 6.07 Å². The summed E-state index contributed by atoms with van der Waals surface area (Å²) < 4.78 is 11.2. The summed E-state index contributed by atoms with van der Waals surface area (Å²) in [6, 6.07) is 9.93. The number of hydrogen-bond acceptors (Lipinski definition) is 8. The zero-order valence-electron chi connectivity index (χ0n) is 19.1. The Morgan fingerprint density at radius 1 is 1.09 bits per heavy atom. The van der Waals surface area contributed by atoms with Crippen molar-refractivity contribution in [3.63, 3.8) is 0 Å². The highest BCUT2D eigenvalue weighted by Crippen LogP contribution is 2.39. The summed E-state index contributed by atoms with van der Waals surface area (Å²) in [6.07, 6.45) is 3.33. The molecule has 0 fully saturated rings. The lowest BCUT2D eigenvalue weighted by Crippen LogP contribution is -2.15. The highest BCUT2D eigenvalue weighted by molar-refractivity contribution is 5.92. The van der Waals surface area contributed by atoms with Crippen molar-refractivity contribution in [3.8, 4) is 28.3 Å². The molecule has 0 bridgehead atoms. The average Bonchev–Trinajstić information content (AvgIpc) is 3.51. The average molecular weight is 445 g/mol. The van der Waals surface area contributed by atoms with E-state index < -0.39 is 0 Å². The molecular weight excluding hydrogens is 420 g/mol. The molecule has 0 aliphatic heterocycles. The number of fused-ring (bicyclic) bond motifs is 1. The van der Waals surface area contributed by atoms with E-state index >= 15 is 0 Å². The number of nitrogens with two attached hydrogens (primary N) is 1. The summed E-state index contributed by atoms with van der Waals surface area (Å²) >= 11 is 0. The molecule has 0 spiro atoms. The van der Waals surface area contributed by atoms with Gasteiger partial charge in [-0.25, -0.2) is 9.50 Å². The van der Waals surface area contributed by atoms with Crippen LogP contribution in [0.2, 0.25) is 0 Å². The highest BCUT2D eigenvalue weighted by atomic mass is 16.5. The summed E-state index contributed by atoms with van der Waals surface area (Å²) in [5, 5.41) is 17.4. The molecule has 5 aromatic rings. The highest BCUT2D eigenvalue weighted by Gasteiger charge is 2.21. The van der Waals surface area contributed by atoms with Crippen LogP contribution in [0.5, 0.6) is 5.75 Å². The number of benzene rings is 1. The van der Waals surface area contributed by atoms with E-state index in [0.29, 0.717) is 23.0 Å². The smallest absolute Gasteiger partial charge is 0.231 e. The lowest BCUT2D eigenvalue weighted by Gasteiger charge is -2.21. The molecule has 0 saturated heterocycles. The number of ether oxygens (including phenoxy) is 1. The van der Waals surface area contributed by atoms with Crippen molar-refractivity contribution in [2.24, 2.45) is 14.1 Å². The number of aromatic nitrogens is 8. The van der Waals surface area contributed by atoms with Gasteiger partial charge in [-0.2, -0.15) is 10.2 Å². The molecule has 0 saturated carbocycles. The number of methoxy groups -OCH3 is 1. The standard InChI is InChI=1S/C22H24N10O/c1-13-26-27-22(30(13)3)31(4)17-7-6-14(10-19(17)33-5)15-11-18(16-8-9-29(2)28-16)32-20(15)21(23)24-12-25-32/h6-12H,1-5H3,(H2,23,24,25). The molecule has 11 heteroatoms. The third-order valence-corrected chi connectivity index (χ3v) is 5.78. The van der Waals surface area contributed by atoms with Crippen molar-refractivity contribution in [2.75, 3.05) is 24.8 Å². The Bertz CT molecular complexity index is 1480. The Balaban J connectivity index is 1.66. The molecule has 1 aromatic carbocycles. The molecular formula is C22H24N10O. The van der Waals surface area contributed by atoms with Crippen molar-refractivity contribution in [1.82, 2.24) is 39.1 Å². The zero-order chi connectivity index (χ0) is 23.3. The van der Waals surface area contributed by atoms with E-state index in [1.807, 2.05) is 74.1 Å². The predicted octanol–water partition coefficient (Wildman–Crippen LogP) is 2.59. The Morgan fingerprint density at radius 3 is 2.58 bits per heavy atom. The topological polar surface area (TPSA) is 117 Å². The summed E-state index contributed by atoms with van der Waals surface area (Å²) in [7, 11) is 7.38. The fourth-order valence-corrected chi connectivity index (χ4v) is 3.94. The monoisotopic (exact) mass is 444 g/mol. The first-order chi connectivity index (χ1) is 15.9. The van der Waals surface area contributed by atoms with E-state index in [-0.39, 0.29) is 0 Å².